The summed E-state index contributed by atoms with van der Waals surface area (Å²) in [5.41, 5.74) is 0.988. The van der Waals surface area contributed by atoms with Crippen LogP contribution in [0.3, 0.4) is 0 Å². The molecule has 0 fully saturated rings. The van der Waals surface area contributed by atoms with Gasteiger partial charge in [0.05, 0.1) is 16.5 Å². The maximum Gasteiger partial charge on any atom is 0.334 e. The van der Waals surface area contributed by atoms with Crippen LogP contribution in [0, 0.1) is 11.3 Å². The molecule has 3 rings (SSSR count). The minimum absolute atomic E-state index is 0.115. The van der Waals surface area contributed by atoms with Crippen LogP contribution in [0.15, 0.2) is 77.7 Å². The normalized spacial score (nSPS) is 12.9. The van der Waals surface area contributed by atoms with Gasteiger partial charge in [0.2, 0.25) is 0 Å². The van der Waals surface area contributed by atoms with Gasteiger partial charge in [-0.25, -0.2) is 13.2 Å². The first kappa shape index (κ1) is 23.8. The Morgan fingerprint density at radius 3 is 2.21 bits per heavy atom. The first-order valence-corrected chi connectivity index (χ1v) is 12.0. The summed E-state index contributed by atoms with van der Waals surface area (Å²) in [6, 6.07) is 21.5. The van der Waals surface area contributed by atoms with Crippen LogP contribution in [-0.4, -0.2) is 19.5 Å². The molecule has 8 heteroatoms. The van der Waals surface area contributed by atoms with Crippen LogP contribution in [0.25, 0.3) is 0 Å². The number of carbonyl (C=O) groups is 1. The van der Waals surface area contributed by atoms with Crippen LogP contribution >= 0.6 is 0 Å². The number of benzene rings is 3. The summed E-state index contributed by atoms with van der Waals surface area (Å²) in [5, 5.41) is 22.4. The summed E-state index contributed by atoms with van der Waals surface area (Å²) in [4.78, 5) is 12.7. The summed E-state index contributed by atoms with van der Waals surface area (Å²) >= 11 is 0. The van der Waals surface area contributed by atoms with Crippen molar-refractivity contribution in [2.24, 2.45) is 0 Å². The summed E-state index contributed by atoms with van der Waals surface area (Å²) in [6.45, 7) is 3.66. The Morgan fingerprint density at radius 1 is 1.00 bits per heavy atom. The van der Waals surface area contributed by atoms with Crippen molar-refractivity contribution in [1.82, 2.24) is 0 Å². The highest BCUT2D eigenvalue weighted by molar-refractivity contribution is 7.92. The lowest BCUT2D eigenvalue weighted by Gasteiger charge is -2.32. The van der Waals surface area contributed by atoms with Gasteiger partial charge in [0.25, 0.3) is 10.0 Å². The number of hydrogen-bond acceptors (Lipinski definition) is 5. The highest BCUT2D eigenvalue weighted by atomic mass is 32.2. The van der Waals surface area contributed by atoms with Gasteiger partial charge >= 0.3 is 5.97 Å². The van der Waals surface area contributed by atoms with Crippen LogP contribution in [0.4, 0.5) is 11.4 Å². The zero-order chi connectivity index (χ0) is 24.1. The van der Waals surface area contributed by atoms with E-state index in [2.05, 4.69) is 10.0 Å². The van der Waals surface area contributed by atoms with E-state index in [1.54, 1.807) is 67.6 Å². The molecule has 1 unspecified atom stereocenters. The maximum atomic E-state index is 12.8. The Bertz CT molecular complexity index is 1280. The van der Waals surface area contributed by atoms with E-state index in [0.717, 1.165) is 5.56 Å². The van der Waals surface area contributed by atoms with Crippen molar-refractivity contribution in [3.63, 3.8) is 0 Å². The fraction of sp³-hybridized carbons (Fsp3) is 0.200. The molecular weight excluding hydrogens is 438 g/mol. The van der Waals surface area contributed by atoms with E-state index >= 15 is 0 Å². The summed E-state index contributed by atoms with van der Waals surface area (Å²) in [6.07, 6.45) is 0.782. The van der Waals surface area contributed by atoms with Gasteiger partial charge in [0.15, 0.2) is 5.54 Å². The summed E-state index contributed by atoms with van der Waals surface area (Å²) in [7, 11) is -3.84. The average molecular weight is 464 g/mol. The lowest BCUT2D eigenvalue weighted by Crippen LogP contribution is -2.43. The van der Waals surface area contributed by atoms with E-state index in [-0.39, 0.29) is 17.0 Å². The second-order valence-corrected chi connectivity index (χ2v) is 9.25. The molecule has 0 saturated carbocycles. The molecule has 3 aromatic rings. The van der Waals surface area contributed by atoms with E-state index in [9.17, 15) is 18.3 Å². The van der Waals surface area contributed by atoms with E-state index in [1.807, 2.05) is 13.0 Å². The molecule has 1 atom stereocenters. The van der Waals surface area contributed by atoms with Gasteiger partial charge in [-0.3, -0.25) is 4.72 Å². The van der Waals surface area contributed by atoms with Gasteiger partial charge in [-0.2, -0.15) is 5.26 Å². The minimum atomic E-state index is -3.84. The molecule has 0 bridgehead atoms. The smallest absolute Gasteiger partial charge is 0.334 e. The molecule has 0 aliphatic heterocycles. The van der Waals surface area contributed by atoms with Crippen molar-refractivity contribution in [2.45, 2.75) is 37.1 Å². The third-order valence-electron chi connectivity index (χ3n) is 5.47. The molecule has 0 aliphatic rings. The molecule has 3 aromatic carbocycles. The summed E-state index contributed by atoms with van der Waals surface area (Å²) < 4.78 is 28.3. The lowest BCUT2D eigenvalue weighted by molar-refractivity contribution is -0.142. The van der Waals surface area contributed by atoms with Crippen molar-refractivity contribution < 1.29 is 18.3 Å². The number of carboxylic acid groups (broad SMARTS) is 1. The predicted octanol–water partition coefficient (Wildman–Crippen LogP) is 4.72. The monoisotopic (exact) mass is 463 g/mol. The Labute approximate surface area is 193 Å². The van der Waals surface area contributed by atoms with Crippen LogP contribution < -0.4 is 10.0 Å². The molecule has 0 aromatic heterocycles. The second kappa shape index (κ2) is 9.76. The number of anilines is 2. The van der Waals surface area contributed by atoms with Crippen LogP contribution in [-0.2, 0) is 26.8 Å². The fourth-order valence-electron chi connectivity index (χ4n) is 3.58. The number of rotatable bonds is 9. The molecule has 0 spiro atoms. The lowest BCUT2D eigenvalue weighted by atomic mass is 9.85. The number of aliphatic carboxylic acids is 1. The average Bonchev–Trinajstić information content (AvgIpc) is 2.82. The molecule has 0 heterocycles. The van der Waals surface area contributed by atoms with E-state index < -0.39 is 21.5 Å². The molecular formula is C25H25N3O4S. The first-order chi connectivity index (χ1) is 15.7. The fourth-order valence-corrected chi connectivity index (χ4v) is 4.64. The van der Waals surface area contributed by atoms with Gasteiger partial charge in [-0.1, -0.05) is 38.1 Å². The van der Waals surface area contributed by atoms with Gasteiger partial charge < -0.3 is 10.4 Å². The Kier molecular flexibility index (Phi) is 7.04. The first-order valence-electron chi connectivity index (χ1n) is 10.5. The van der Waals surface area contributed by atoms with Crippen molar-refractivity contribution >= 4 is 27.4 Å². The standard InChI is InChI=1S/C25H25N3O4S/c1-3-18-14-20(16-22(15-18)28-33(31,32)23-8-6-5-7-9-23)25(4-2,24(29)30)27-21-12-10-19(17-26)11-13-21/h5-16,27-28H,3-4H2,1-2H3,(H,29,30). The van der Waals surface area contributed by atoms with Gasteiger partial charge in [0, 0.05) is 11.4 Å². The Hall–Kier alpha value is -3.83. The highest BCUT2D eigenvalue weighted by Crippen LogP contribution is 2.34. The molecule has 33 heavy (non-hydrogen) atoms. The Morgan fingerprint density at radius 2 is 1.67 bits per heavy atom. The van der Waals surface area contributed by atoms with Gasteiger partial charge in [-0.15, -0.1) is 0 Å². The number of nitriles is 1. The van der Waals surface area contributed by atoms with Crippen LogP contribution in [0.1, 0.15) is 37.0 Å². The largest absolute Gasteiger partial charge is 0.479 e. The second-order valence-electron chi connectivity index (χ2n) is 7.57. The van der Waals surface area contributed by atoms with Crippen LogP contribution in [0.5, 0.6) is 0 Å². The van der Waals surface area contributed by atoms with Gasteiger partial charge in [0.1, 0.15) is 0 Å². The SMILES string of the molecule is CCc1cc(NS(=O)(=O)c2ccccc2)cc(C(CC)(Nc2ccc(C#N)cc2)C(=O)O)c1. The molecule has 7 nitrogen and oxygen atoms in total. The zero-order valence-corrected chi connectivity index (χ0v) is 19.2. The number of hydrogen-bond donors (Lipinski definition) is 3. The maximum absolute atomic E-state index is 12.8. The van der Waals surface area contributed by atoms with Crippen molar-refractivity contribution in [3.8, 4) is 6.07 Å². The van der Waals surface area contributed by atoms with Crippen molar-refractivity contribution in [3.05, 3.63) is 89.5 Å². The predicted molar refractivity (Wildman–Crippen MR) is 127 cm³/mol. The number of nitrogens with zero attached hydrogens (tertiary/aromatic N) is 1. The number of carboxylic acids is 1. The molecule has 0 radical (unpaired) electrons. The van der Waals surface area contributed by atoms with E-state index in [4.69, 9.17) is 5.26 Å². The van der Waals surface area contributed by atoms with Crippen LogP contribution in [0.2, 0.25) is 0 Å². The topological polar surface area (TPSA) is 119 Å². The van der Waals surface area contributed by atoms with Gasteiger partial charge in [-0.05, 0) is 72.5 Å². The van der Waals surface area contributed by atoms with Crippen molar-refractivity contribution in [1.29, 1.82) is 5.26 Å². The molecule has 3 N–H and O–H groups in total. The quantitative estimate of drug-likeness (QED) is 0.422. The highest BCUT2D eigenvalue weighted by Gasteiger charge is 2.39. The third kappa shape index (κ3) is 5.16. The molecule has 0 aliphatic carbocycles. The Balaban J connectivity index is 2.07. The van der Waals surface area contributed by atoms with Crippen molar-refractivity contribution in [2.75, 3.05) is 10.0 Å². The zero-order valence-electron chi connectivity index (χ0n) is 18.4. The summed E-state index contributed by atoms with van der Waals surface area (Å²) in [5.74, 6) is -1.10. The number of aryl methyl sites for hydroxylation is 1. The van der Waals surface area contributed by atoms with E-state index in [1.165, 1.54) is 12.1 Å². The number of nitrogens with one attached hydrogen (secondary N) is 2. The molecule has 0 amide bonds. The third-order valence-corrected chi connectivity index (χ3v) is 6.86. The van der Waals surface area contributed by atoms with E-state index in [0.29, 0.717) is 23.2 Å². The molecule has 0 saturated heterocycles. The number of sulfonamides is 1. The minimum Gasteiger partial charge on any atom is -0.479 e. The molecule has 170 valence electrons.